The molecule has 0 saturated carbocycles. The molecule has 0 fully saturated rings. The van der Waals surface area contributed by atoms with Gasteiger partial charge in [-0.1, -0.05) is 18.2 Å². The van der Waals surface area contributed by atoms with Crippen molar-refractivity contribution in [1.29, 1.82) is 0 Å². The Labute approximate surface area is 110 Å². The highest BCUT2D eigenvalue weighted by Gasteiger charge is 2.08. The molecule has 3 rings (SSSR count). The van der Waals surface area contributed by atoms with Gasteiger partial charge in [-0.25, -0.2) is 9.97 Å². The number of nitrogens with zero attached hydrogens (tertiary/aromatic N) is 2. The number of hydrogen-bond acceptors (Lipinski definition) is 3. The molecule has 2 aromatic heterocycles. The van der Waals surface area contributed by atoms with Gasteiger partial charge in [-0.2, -0.15) is 0 Å². The summed E-state index contributed by atoms with van der Waals surface area (Å²) in [5.74, 6) is -0.237. The van der Waals surface area contributed by atoms with Crippen LogP contribution in [0.25, 0.3) is 11.0 Å². The molecule has 4 heteroatoms. The molecular weight excluding hydrogens is 238 g/mol. The zero-order valence-electron chi connectivity index (χ0n) is 10.1. The standard InChI is InChI=1S/C15H11N3O/c19-15(17-12-6-2-1-3-7-12)13-9-8-11-5-4-10-16-14(11)18-13/h1-10H,(H,17,19). The maximum atomic E-state index is 12.1. The Kier molecular flexibility index (Phi) is 2.90. The normalized spacial score (nSPS) is 10.3. The number of amides is 1. The lowest BCUT2D eigenvalue weighted by atomic mass is 10.2. The first-order chi connectivity index (χ1) is 9.33. The molecule has 1 N–H and O–H groups in total. The van der Waals surface area contributed by atoms with Crippen LogP contribution in [0.4, 0.5) is 5.69 Å². The van der Waals surface area contributed by atoms with E-state index < -0.39 is 0 Å². The van der Waals surface area contributed by atoms with Gasteiger partial charge in [0.2, 0.25) is 0 Å². The smallest absolute Gasteiger partial charge is 0.274 e. The predicted octanol–water partition coefficient (Wildman–Crippen LogP) is 2.88. The Hall–Kier alpha value is -2.75. The predicted molar refractivity (Wildman–Crippen MR) is 73.9 cm³/mol. The van der Waals surface area contributed by atoms with E-state index >= 15 is 0 Å². The van der Waals surface area contributed by atoms with E-state index in [0.717, 1.165) is 11.1 Å². The molecule has 0 saturated heterocycles. The van der Waals surface area contributed by atoms with Gasteiger partial charge in [-0.15, -0.1) is 0 Å². The van der Waals surface area contributed by atoms with E-state index in [1.807, 2.05) is 48.5 Å². The second kappa shape index (κ2) is 4.86. The lowest BCUT2D eigenvalue weighted by molar-refractivity contribution is 0.102. The van der Waals surface area contributed by atoms with Crippen LogP contribution in [0, 0.1) is 0 Å². The molecule has 92 valence electrons. The van der Waals surface area contributed by atoms with Crippen LogP contribution < -0.4 is 5.32 Å². The molecule has 3 aromatic rings. The molecule has 2 heterocycles. The summed E-state index contributed by atoms with van der Waals surface area (Å²) in [5, 5.41) is 3.71. The molecule has 1 aromatic carbocycles. The molecule has 0 aliphatic rings. The quantitative estimate of drug-likeness (QED) is 0.759. The fraction of sp³-hybridized carbons (Fsp3) is 0. The molecule has 0 aliphatic heterocycles. The largest absolute Gasteiger partial charge is 0.321 e. The van der Waals surface area contributed by atoms with Crippen LogP contribution in [-0.2, 0) is 0 Å². The molecule has 0 unspecified atom stereocenters. The summed E-state index contributed by atoms with van der Waals surface area (Å²) in [4.78, 5) is 20.4. The third-order valence-electron chi connectivity index (χ3n) is 2.73. The van der Waals surface area contributed by atoms with Gasteiger partial charge >= 0.3 is 0 Å². The van der Waals surface area contributed by atoms with Crippen molar-refractivity contribution in [2.75, 3.05) is 5.32 Å². The Bertz CT molecular complexity index is 726. The molecule has 0 bridgehead atoms. The van der Waals surface area contributed by atoms with Gasteiger partial charge in [0.25, 0.3) is 5.91 Å². The van der Waals surface area contributed by atoms with Crippen molar-refractivity contribution >= 4 is 22.6 Å². The summed E-state index contributed by atoms with van der Waals surface area (Å²) in [5.41, 5.74) is 1.67. The van der Waals surface area contributed by atoms with Crippen molar-refractivity contribution in [3.63, 3.8) is 0 Å². The van der Waals surface area contributed by atoms with E-state index in [4.69, 9.17) is 0 Å². The second-order valence-electron chi connectivity index (χ2n) is 4.07. The second-order valence-corrected chi connectivity index (χ2v) is 4.07. The summed E-state index contributed by atoms with van der Waals surface area (Å²) in [7, 11) is 0. The monoisotopic (exact) mass is 249 g/mol. The number of rotatable bonds is 2. The number of benzene rings is 1. The maximum Gasteiger partial charge on any atom is 0.274 e. The van der Waals surface area contributed by atoms with Crippen LogP contribution >= 0.6 is 0 Å². The Morgan fingerprint density at radius 2 is 1.79 bits per heavy atom. The highest BCUT2D eigenvalue weighted by atomic mass is 16.1. The van der Waals surface area contributed by atoms with Crippen molar-refractivity contribution in [2.45, 2.75) is 0 Å². The molecule has 0 spiro atoms. The number of hydrogen-bond donors (Lipinski definition) is 1. The van der Waals surface area contributed by atoms with E-state index in [1.165, 1.54) is 0 Å². The van der Waals surface area contributed by atoms with Crippen LogP contribution in [0.3, 0.4) is 0 Å². The van der Waals surface area contributed by atoms with Crippen LogP contribution in [0.2, 0.25) is 0 Å². The number of carbonyl (C=O) groups excluding carboxylic acids is 1. The molecule has 0 atom stereocenters. The van der Waals surface area contributed by atoms with Gasteiger partial charge in [0.1, 0.15) is 5.69 Å². The third-order valence-corrected chi connectivity index (χ3v) is 2.73. The molecule has 1 amide bonds. The zero-order valence-corrected chi connectivity index (χ0v) is 10.1. The number of carbonyl (C=O) groups is 1. The first-order valence-corrected chi connectivity index (χ1v) is 5.91. The molecule has 19 heavy (non-hydrogen) atoms. The van der Waals surface area contributed by atoms with Crippen molar-refractivity contribution in [2.24, 2.45) is 0 Å². The fourth-order valence-corrected chi connectivity index (χ4v) is 1.80. The number of nitrogens with one attached hydrogen (secondary N) is 1. The van der Waals surface area contributed by atoms with E-state index in [-0.39, 0.29) is 5.91 Å². The van der Waals surface area contributed by atoms with Crippen molar-refractivity contribution in [3.05, 3.63) is 66.5 Å². The third kappa shape index (κ3) is 2.42. The minimum Gasteiger partial charge on any atom is -0.321 e. The summed E-state index contributed by atoms with van der Waals surface area (Å²) in [6.07, 6.45) is 1.66. The average molecular weight is 249 g/mol. The first-order valence-electron chi connectivity index (χ1n) is 5.91. The first kappa shape index (κ1) is 11.3. The van der Waals surface area contributed by atoms with Gasteiger partial charge in [-0.05, 0) is 36.4 Å². The SMILES string of the molecule is O=C(Nc1ccccc1)c1ccc2cccnc2n1. The Morgan fingerprint density at radius 1 is 0.947 bits per heavy atom. The molecule has 0 radical (unpaired) electrons. The van der Waals surface area contributed by atoms with E-state index in [9.17, 15) is 4.79 Å². The van der Waals surface area contributed by atoms with Crippen LogP contribution in [0.1, 0.15) is 10.5 Å². The summed E-state index contributed by atoms with van der Waals surface area (Å²) < 4.78 is 0. The maximum absolute atomic E-state index is 12.1. The zero-order chi connectivity index (χ0) is 13.1. The van der Waals surface area contributed by atoms with Crippen LogP contribution in [-0.4, -0.2) is 15.9 Å². The summed E-state index contributed by atoms with van der Waals surface area (Å²) in [6.45, 7) is 0. The Morgan fingerprint density at radius 3 is 2.63 bits per heavy atom. The van der Waals surface area contributed by atoms with Gasteiger partial charge in [0.05, 0.1) is 0 Å². The fourth-order valence-electron chi connectivity index (χ4n) is 1.80. The van der Waals surface area contributed by atoms with Crippen LogP contribution in [0.5, 0.6) is 0 Å². The minimum absolute atomic E-state index is 0.237. The topological polar surface area (TPSA) is 54.9 Å². The summed E-state index contributed by atoms with van der Waals surface area (Å²) in [6, 6.07) is 16.6. The lowest BCUT2D eigenvalue weighted by Crippen LogP contribution is -2.13. The minimum atomic E-state index is -0.237. The van der Waals surface area contributed by atoms with Gasteiger partial charge < -0.3 is 5.32 Å². The van der Waals surface area contributed by atoms with Crippen molar-refractivity contribution in [1.82, 2.24) is 9.97 Å². The highest BCUT2D eigenvalue weighted by molar-refractivity contribution is 6.03. The molecule has 0 aliphatic carbocycles. The van der Waals surface area contributed by atoms with Gasteiger partial charge in [0.15, 0.2) is 5.65 Å². The summed E-state index contributed by atoms with van der Waals surface area (Å²) >= 11 is 0. The van der Waals surface area contributed by atoms with E-state index in [2.05, 4.69) is 15.3 Å². The van der Waals surface area contributed by atoms with Crippen molar-refractivity contribution in [3.8, 4) is 0 Å². The van der Waals surface area contributed by atoms with Crippen LogP contribution in [0.15, 0.2) is 60.8 Å². The number of aromatic nitrogens is 2. The van der Waals surface area contributed by atoms with Crippen molar-refractivity contribution < 1.29 is 4.79 Å². The molecule has 4 nitrogen and oxygen atoms in total. The van der Waals surface area contributed by atoms with E-state index in [1.54, 1.807) is 12.3 Å². The number of para-hydroxylation sites is 1. The highest BCUT2D eigenvalue weighted by Crippen LogP contribution is 2.11. The van der Waals surface area contributed by atoms with Gasteiger partial charge in [-0.3, -0.25) is 4.79 Å². The number of anilines is 1. The lowest BCUT2D eigenvalue weighted by Gasteiger charge is -2.04. The number of fused-ring (bicyclic) bond motifs is 1. The Balaban J connectivity index is 1.89. The molecular formula is C15H11N3O. The van der Waals surface area contributed by atoms with E-state index in [0.29, 0.717) is 11.3 Å². The van der Waals surface area contributed by atoms with Gasteiger partial charge in [0, 0.05) is 17.3 Å². The number of pyridine rings is 2. The average Bonchev–Trinajstić information content (AvgIpc) is 2.48.